The Labute approximate surface area is 124 Å². The monoisotopic (exact) mass is 275 g/mol. The molecule has 0 aromatic heterocycles. The van der Waals surface area contributed by atoms with Crippen LogP contribution in [0.25, 0.3) is 0 Å². The molecule has 1 unspecified atom stereocenters. The Hall–Kier alpha value is -2.35. The lowest BCUT2D eigenvalue weighted by Crippen LogP contribution is -2.51. The predicted octanol–water partition coefficient (Wildman–Crippen LogP) is 3.27. The SMILES string of the molecule is O=C1C=CN2CCc3ccccc3C2(c2ccccc2)C1. The molecule has 2 heterocycles. The molecule has 0 bridgehead atoms. The van der Waals surface area contributed by atoms with Crippen molar-refractivity contribution < 1.29 is 4.79 Å². The van der Waals surface area contributed by atoms with Crippen molar-refractivity contribution in [1.29, 1.82) is 0 Å². The number of rotatable bonds is 1. The van der Waals surface area contributed by atoms with Gasteiger partial charge in [-0.1, -0.05) is 54.6 Å². The van der Waals surface area contributed by atoms with Crippen LogP contribution in [0.15, 0.2) is 66.9 Å². The highest BCUT2D eigenvalue weighted by Crippen LogP contribution is 2.45. The van der Waals surface area contributed by atoms with Gasteiger partial charge in [-0.15, -0.1) is 0 Å². The van der Waals surface area contributed by atoms with E-state index in [1.54, 1.807) is 6.08 Å². The molecule has 1 atom stereocenters. The van der Waals surface area contributed by atoms with E-state index in [1.165, 1.54) is 16.7 Å². The van der Waals surface area contributed by atoms with E-state index in [1.807, 2.05) is 12.3 Å². The highest BCUT2D eigenvalue weighted by atomic mass is 16.1. The Morgan fingerprint density at radius 1 is 0.952 bits per heavy atom. The first-order valence-corrected chi connectivity index (χ1v) is 7.42. The molecule has 0 radical (unpaired) electrons. The summed E-state index contributed by atoms with van der Waals surface area (Å²) in [6.45, 7) is 0.954. The molecule has 0 amide bonds. The number of allylic oxidation sites excluding steroid dienone is 1. The molecule has 0 spiro atoms. The molecule has 21 heavy (non-hydrogen) atoms. The third-order valence-corrected chi connectivity index (χ3v) is 4.70. The number of benzene rings is 2. The van der Waals surface area contributed by atoms with E-state index in [4.69, 9.17) is 0 Å². The first-order chi connectivity index (χ1) is 10.3. The van der Waals surface area contributed by atoms with Crippen molar-refractivity contribution in [3.8, 4) is 0 Å². The summed E-state index contributed by atoms with van der Waals surface area (Å²) in [6, 6.07) is 19.0. The molecule has 0 aliphatic carbocycles. The maximum atomic E-state index is 12.2. The van der Waals surface area contributed by atoms with Crippen LogP contribution in [0.1, 0.15) is 23.1 Å². The maximum Gasteiger partial charge on any atom is 0.160 e. The summed E-state index contributed by atoms with van der Waals surface area (Å²) in [5.41, 5.74) is 3.51. The van der Waals surface area contributed by atoms with E-state index in [0.717, 1.165) is 13.0 Å². The van der Waals surface area contributed by atoms with Crippen LogP contribution in [0.4, 0.5) is 0 Å². The molecule has 2 heteroatoms. The van der Waals surface area contributed by atoms with Gasteiger partial charge in [0.15, 0.2) is 5.78 Å². The average molecular weight is 275 g/mol. The molecule has 2 aromatic carbocycles. The second-order valence-electron chi connectivity index (χ2n) is 5.79. The van der Waals surface area contributed by atoms with Crippen LogP contribution in [-0.2, 0) is 16.8 Å². The fourth-order valence-electron chi connectivity index (χ4n) is 3.75. The number of ketones is 1. The highest BCUT2D eigenvalue weighted by Gasteiger charge is 2.45. The smallest absolute Gasteiger partial charge is 0.160 e. The van der Waals surface area contributed by atoms with Crippen molar-refractivity contribution in [1.82, 2.24) is 4.90 Å². The van der Waals surface area contributed by atoms with E-state index in [0.29, 0.717) is 6.42 Å². The van der Waals surface area contributed by atoms with Gasteiger partial charge >= 0.3 is 0 Å². The van der Waals surface area contributed by atoms with Crippen molar-refractivity contribution in [3.05, 3.63) is 83.6 Å². The van der Waals surface area contributed by atoms with Crippen LogP contribution in [0.3, 0.4) is 0 Å². The summed E-state index contributed by atoms with van der Waals surface area (Å²) in [5.74, 6) is 0.201. The Morgan fingerprint density at radius 2 is 1.71 bits per heavy atom. The first-order valence-electron chi connectivity index (χ1n) is 7.42. The highest BCUT2D eigenvalue weighted by molar-refractivity contribution is 5.92. The zero-order valence-electron chi connectivity index (χ0n) is 11.8. The number of carbonyl (C=O) groups excluding carboxylic acids is 1. The van der Waals surface area contributed by atoms with Crippen LogP contribution in [-0.4, -0.2) is 17.2 Å². The van der Waals surface area contributed by atoms with Gasteiger partial charge < -0.3 is 4.90 Å². The van der Waals surface area contributed by atoms with Gasteiger partial charge in [-0.2, -0.15) is 0 Å². The van der Waals surface area contributed by atoms with E-state index in [9.17, 15) is 4.79 Å². The molecule has 4 rings (SSSR count). The molecule has 104 valence electrons. The number of carbonyl (C=O) groups is 1. The largest absolute Gasteiger partial charge is 0.363 e. The van der Waals surface area contributed by atoms with E-state index >= 15 is 0 Å². The third-order valence-electron chi connectivity index (χ3n) is 4.70. The molecule has 0 N–H and O–H groups in total. The fourth-order valence-corrected chi connectivity index (χ4v) is 3.75. The van der Waals surface area contributed by atoms with Gasteiger partial charge in [0.1, 0.15) is 0 Å². The number of fused-ring (bicyclic) bond motifs is 3. The maximum absolute atomic E-state index is 12.2. The van der Waals surface area contributed by atoms with Gasteiger partial charge in [0.25, 0.3) is 0 Å². The van der Waals surface area contributed by atoms with Crippen LogP contribution in [0.2, 0.25) is 0 Å². The van der Waals surface area contributed by atoms with E-state index < -0.39 is 0 Å². The lowest BCUT2D eigenvalue weighted by molar-refractivity contribution is -0.117. The number of nitrogens with zero attached hydrogens (tertiary/aromatic N) is 1. The zero-order valence-corrected chi connectivity index (χ0v) is 11.8. The number of hydrogen-bond donors (Lipinski definition) is 0. The van der Waals surface area contributed by atoms with Crippen molar-refractivity contribution in [2.75, 3.05) is 6.54 Å². The quantitative estimate of drug-likeness (QED) is 0.796. The molecule has 0 saturated heterocycles. The standard InChI is InChI=1S/C19H17NO/c21-17-11-13-20-12-10-15-6-4-5-9-18(15)19(20,14-17)16-7-2-1-3-8-16/h1-9,11,13H,10,12,14H2. The minimum atomic E-state index is -0.331. The van der Waals surface area contributed by atoms with Gasteiger partial charge in [0, 0.05) is 19.2 Å². The fraction of sp³-hybridized carbons (Fsp3) is 0.211. The van der Waals surface area contributed by atoms with Crippen molar-refractivity contribution in [2.45, 2.75) is 18.4 Å². The van der Waals surface area contributed by atoms with Gasteiger partial charge in [0.05, 0.1) is 5.54 Å². The van der Waals surface area contributed by atoms with Crippen molar-refractivity contribution in [3.63, 3.8) is 0 Å². The molecular weight excluding hydrogens is 258 g/mol. The predicted molar refractivity (Wildman–Crippen MR) is 82.8 cm³/mol. The minimum Gasteiger partial charge on any atom is -0.363 e. The lowest BCUT2D eigenvalue weighted by atomic mass is 9.72. The second-order valence-corrected chi connectivity index (χ2v) is 5.79. The summed E-state index contributed by atoms with van der Waals surface area (Å²) < 4.78 is 0. The zero-order chi connectivity index (χ0) is 14.3. The van der Waals surface area contributed by atoms with Gasteiger partial charge in [-0.25, -0.2) is 0 Å². The molecular formula is C19H17NO. The molecule has 0 saturated carbocycles. The van der Waals surface area contributed by atoms with Crippen molar-refractivity contribution in [2.24, 2.45) is 0 Å². The average Bonchev–Trinajstić information content (AvgIpc) is 2.55. The first kappa shape index (κ1) is 12.4. The van der Waals surface area contributed by atoms with Crippen molar-refractivity contribution >= 4 is 5.78 Å². The van der Waals surface area contributed by atoms with E-state index in [2.05, 4.69) is 53.4 Å². The number of hydrogen-bond acceptors (Lipinski definition) is 2. The summed E-state index contributed by atoms with van der Waals surface area (Å²) in [7, 11) is 0. The van der Waals surface area contributed by atoms with Gasteiger partial charge in [-0.05, 0) is 29.2 Å². The Morgan fingerprint density at radius 3 is 2.57 bits per heavy atom. The molecule has 2 nitrogen and oxygen atoms in total. The lowest BCUT2D eigenvalue weighted by Gasteiger charge is -2.49. The molecule has 2 aliphatic heterocycles. The Bertz CT molecular complexity index is 719. The van der Waals surface area contributed by atoms with Crippen LogP contribution < -0.4 is 0 Å². The van der Waals surface area contributed by atoms with Crippen LogP contribution >= 0.6 is 0 Å². The Kier molecular flexibility index (Phi) is 2.71. The molecule has 2 aromatic rings. The summed E-state index contributed by atoms with van der Waals surface area (Å²) in [5, 5.41) is 0. The summed E-state index contributed by atoms with van der Waals surface area (Å²) in [6.07, 6.45) is 5.25. The molecule has 2 aliphatic rings. The normalized spacial score (nSPS) is 23.6. The van der Waals surface area contributed by atoms with Gasteiger partial charge in [0.2, 0.25) is 0 Å². The minimum absolute atomic E-state index is 0.201. The third kappa shape index (κ3) is 1.75. The van der Waals surface area contributed by atoms with Crippen LogP contribution in [0.5, 0.6) is 0 Å². The second kappa shape index (κ2) is 4.59. The summed E-state index contributed by atoms with van der Waals surface area (Å²) >= 11 is 0. The Balaban J connectivity index is 2.01. The summed E-state index contributed by atoms with van der Waals surface area (Å²) in [4.78, 5) is 14.5. The van der Waals surface area contributed by atoms with E-state index in [-0.39, 0.29) is 11.3 Å². The van der Waals surface area contributed by atoms with Crippen LogP contribution in [0, 0.1) is 0 Å². The molecule has 0 fully saturated rings. The topological polar surface area (TPSA) is 20.3 Å². The van der Waals surface area contributed by atoms with Gasteiger partial charge in [-0.3, -0.25) is 4.79 Å².